The Morgan fingerprint density at radius 2 is 1.10 bits per heavy atom. The molecule has 0 saturated carbocycles. The summed E-state index contributed by atoms with van der Waals surface area (Å²) in [5.74, 6) is 0. The first-order chi connectivity index (χ1) is 19.7. The zero-order valence-electron chi connectivity index (χ0n) is 21.9. The van der Waals surface area contributed by atoms with Crippen LogP contribution in [0.15, 0.2) is 145 Å². The van der Waals surface area contributed by atoms with Gasteiger partial charge in [0.25, 0.3) is 0 Å². The quantitative estimate of drug-likeness (QED) is 0.177. The van der Waals surface area contributed by atoms with Gasteiger partial charge in [0.05, 0.1) is 11.4 Å². The van der Waals surface area contributed by atoms with E-state index in [1.807, 2.05) is 18.2 Å². The lowest BCUT2D eigenvalue weighted by Gasteiger charge is -2.18. The van der Waals surface area contributed by atoms with E-state index in [4.69, 9.17) is 10.4 Å². The molecule has 0 aliphatic carbocycles. The second-order valence-corrected chi connectivity index (χ2v) is 10.0. The molecule has 0 aliphatic rings. The fraction of sp³-hybridized carbons (Fsp3) is 0. The number of aliphatic imine (C=N–C) groups is 1. The Morgan fingerprint density at radius 3 is 1.77 bits per heavy atom. The summed E-state index contributed by atoms with van der Waals surface area (Å²) in [5, 5.41) is 17.6. The normalized spacial score (nSPS) is 11.8. The van der Waals surface area contributed by atoms with Crippen LogP contribution in [0.5, 0.6) is 0 Å². The van der Waals surface area contributed by atoms with Crippen molar-refractivity contribution in [2.24, 2.45) is 4.99 Å². The first-order valence-electron chi connectivity index (χ1n) is 13.4. The number of fused-ring (bicyclic) bond motifs is 4. The molecule has 1 N–H and O–H groups in total. The molecule has 0 fully saturated rings. The molecule has 0 aromatic heterocycles. The molecule has 7 rings (SSSR count). The Bertz CT molecular complexity index is 2090. The second-order valence-electron chi connectivity index (χ2n) is 10.0. The lowest BCUT2D eigenvalue weighted by Crippen LogP contribution is -2.06. The van der Waals surface area contributed by atoms with Gasteiger partial charge < -0.3 is 5.41 Å². The molecule has 7 aromatic carbocycles. The lowest BCUT2D eigenvalue weighted by atomic mass is 9.86. The Balaban J connectivity index is 1.50. The number of benzene rings is 7. The van der Waals surface area contributed by atoms with Crippen LogP contribution >= 0.6 is 0 Å². The molecule has 40 heavy (non-hydrogen) atoms. The highest BCUT2D eigenvalue weighted by atomic mass is 14.8. The summed E-state index contributed by atoms with van der Waals surface area (Å²) in [6.45, 7) is 4.35. The van der Waals surface area contributed by atoms with Gasteiger partial charge in [0.15, 0.2) is 0 Å². The van der Waals surface area contributed by atoms with Crippen molar-refractivity contribution < 1.29 is 0 Å². The van der Waals surface area contributed by atoms with Gasteiger partial charge in [-0.1, -0.05) is 134 Å². The second kappa shape index (κ2) is 9.76. The zero-order chi connectivity index (χ0) is 27.1. The minimum Gasteiger partial charge on any atom is -0.306 e. The first kappa shape index (κ1) is 23.8. The van der Waals surface area contributed by atoms with Crippen molar-refractivity contribution >= 4 is 60.7 Å². The summed E-state index contributed by atoms with van der Waals surface area (Å²) in [7, 11) is 0. The smallest absolute Gasteiger partial charge is 0.0897 e. The van der Waals surface area contributed by atoms with E-state index < -0.39 is 0 Å². The third-order valence-corrected chi connectivity index (χ3v) is 7.72. The van der Waals surface area contributed by atoms with Gasteiger partial charge in [-0.2, -0.15) is 0 Å². The monoisotopic (exact) mass is 510 g/mol. The van der Waals surface area contributed by atoms with Gasteiger partial charge in [-0.15, -0.1) is 0 Å². The van der Waals surface area contributed by atoms with Crippen LogP contribution in [0.4, 0.5) is 0 Å². The van der Waals surface area contributed by atoms with Crippen LogP contribution in [0.2, 0.25) is 0 Å². The van der Waals surface area contributed by atoms with Gasteiger partial charge in [-0.25, -0.2) is 4.99 Å². The largest absolute Gasteiger partial charge is 0.306 e. The van der Waals surface area contributed by atoms with E-state index in [1.165, 1.54) is 28.1 Å². The Labute approximate surface area is 233 Å². The SMILES string of the molecule is C=C(N=C(C=N)c1c2ccccc2c(-c2ccc3ccccc3c2)c2ccccc12)c1cccc2ccccc12. The van der Waals surface area contributed by atoms with Gasteiger partial charge in [-0.3, -0.25) is 0 Å². The minimum atomic E-state index is 0.593. The number of nitrogens with zero attached hydrogens (tertiary/aromatic N) is 1. The Morgan fingerprint density at radius 1 is 0.550 bits per heavy atom. The lowest BCUT2D eigenvalue weighted by molar-refractivity contribution is 1.53. The average Bonchev–Trinajstić information content (AvgIpc) is 3.02. The van der Waals surface area contributed by atoms with Crippen molar-refractivity contribution in [3.8, 4) is 11.1 Å². The molecular weight excluding hydrogens is 484 g/mol. The third kappa shape index (κ3) is 3.90. The number of hydrogen-bond acceptors (Lipinski definition) is 2. The molecule has 0 amide bonds. The molecule has 0 radical (unpaired) electrons. The molecule has 0 saturated heterocycles. The Hall–Kier alpha value is -5.34. The topological polar surface area (TPSA) is 36.2 Å². The van der Waals surface area contributed by atoms with Crippen molar-refractivity contribution in [3.05, 3.63) is 151 Å². The summed E-state index contributed by atoms with van der Waals surface area (Å²) in [6, 6.07) is 46.5. The predicted molar refractivity (Wildman–Crippen MR) is 173 cm³/mol. The Kier molecular flexibility index (Phi) is 5.79. The van der Waals surface area contributed by atoms with E-state index >= 15 is 0 Å². The van der Waals surface area contributed by atoms with Crippen LogP contribution < -0.4 is 0 Å². The van der Waals surface area contributed by atoms with Gasteiger partial charge >= 0.3 is 0 Å². The number of nitrogens with one attached hydrogen (secondary N) is 1. The molecule has 0 bridgehead atoms. The summed E-state index contributed by atoms with van der Waals surface area (Å²) in [4.78, 5) is 5.01. The van der Waals surface area contributed by atoms with Gasteiger partial charge in [0, 0.05) is 17.3 Å². The van der Waals surface area contributed by atoms with Crippen LogP contribution in [0.25, 0.3) is 59.9 Å². The fourth-order valence-corrected chi connectivity index (χ4v) is 5.90. The highest BCUT2D eigenvalue weighted by Gasteiger charge is 2.18. The van der Waals surface area contributed by atoms with Crippen molar-refractivity contribution in [1.29, 1.82) is 5.41 Å². The van der Waals surface area contributed by atoms with Crippen LogP contribution in [0.1, 0.15) is 11.1 Å². The van der Waals surface area contributed by atoms with E-state index in [0.717, 1.165) is 43.4 Å². The van der Waals surface area contributed by atoms with E-state index in [2.05, 4.69) is 122 Å². The first-order valence-corrected chi connectivity index (χ1v) is 13.4. The van der Waals surface area contributed by atoms with E-state index in [-0.39, 0.29) is 0 Å². The average molecular weight is 511 g/mol. The standard InChI is InChI=1S/C38H26N2/c1-25(30-20-10-14-27-12-4-5-15-31(27)30)40-36(24-39)38-34-18-8-6-16-32(34)37(33-17-7-9-19-35(33)38)29-22-21-26-11-2-3-13-28(26)23-29/h2-24,39H,1H2. The number of rotatable bonds is 5. The van der Waals surface area contributed by atoms with Crippen LogP contribution in [0, 0.1) is 5.41 Å². The van der Waals surface area contributed by atoms with Crippen molar-refractivity contribution in [2.45, 2.75) is 0 Å². The van der Waals surface area contributed by atoms with E-state index in [1.54, 1.807) is 0 Å². The summed E-state index contributed by atoms with van der Waals surface area (Å²) in [6.07, 6.45) is 1.36. The molecule has 0 unspecified atom stereocenters. The van der Waals surface area contributed by atoms with E-state index in [9.17, 15) is 0 Å². The summed E-state index contributed by atoms with van der Waals surface area (Å²) in [5.41, 5.74) is 5.52. The van der Waals surface area contributed by atoms with Crippen LogP contribution in [-0.2, 0) is 0 Å². The van der Waals surface area contributed by atoms with Gasteiger partial charge in [0.1, 0.15) is 0 Å². The molecule has 188 valence electrons. The van der Waals surface area contributed by atoms with E-state index in [0.29, 0.717) is 11.4 Å². The molecule has 2 nitrogen and oxygen atoms in total. The molecular formula is C38H26N2. The maximum absolute atomic E-state index is 8.48. The highest BCUT2D eigenvalue weighted by molar-refractivity contribution is 6.45. The highest BCUT2D eigenvalue weighted by Crippen LogP contribution is 2.40. The van der Waals surface area contributed by atoms with Gasteiger partial charge in [-0.05, 0) is 60.3 Å². The third-order valence-electron chi connectivity index (χ3n) is 7.72. The van der Waals surface area contributed by atoms with Crippen molar-refractivity contribution in [2.75, 3.05) is 0 Å². The maximum Gasteiger partial charge on any atom is 0.0897 e. The molecule has 0 spiro atoms. The summed E-state index contributed by atoms with van der Waals surface area (Å²) < 4.78 is 0. The van der Waals surface area contributed by atoms with Crippen LogP contribution in [0.3, 0.4) is 0 Å². The molecule has 7 aromatic rings. The number of hydrogen-bond donors (Lipinski definition) is 1. The molecule has 0 heterocycles. The maximum atomic E-state index is 8.48. The predicted octanol–water partition coefficient (Wildman–Crippen LogP) is 10.1. The zero-order valence-corrected chi connectivity index (χ0v) is 21.9. The molecule has 2 heteroatoms. The van der Waals surface area contributed by atoms with Gasteiger partial charge in [0.2, 0.25) is 0 Å². The van der Waals surface area contributed by atoms with Crippen molar-refractivity contribution in [1.82, 2.24) is 0 Å². The summed E-state index contributed by atoms with van der Waals surface area (Å²) >= 11 is 0. The fourth-order valence-electron chi connectivity index (χ4n) is 5.90. The molecule has 0 aliphatic heterocycles. The molecule has 0 atom stereocenters. The van der Waals surface area contributed by atoms with Crippen LogP contribution in [-0.4, -0.2) is 11.9 Å². The minimum absolute atomic E-state index is 0.593. The van der Waals surface area contributed by atoms with Crippen molar-refractivity contribution in [3.63, 3.8) is 0 Å².